The summed E-state index contributed by atoms with van der Waals surface area (Å²) in [6, 6.07) is 0.0521. The third-order valence-electron chi connectivity index (χ3n) is 3.79. The quantitative estimate of drug-likeness (QED) is 0.791. The number of piperidine rings is 2. The predicted molar refractivity (Wildman–Crippen MR) is 72.5 cm³/mol. The Labute approximate surface area is 110 Å². The summed E-state index contributed by atoms with van der Waals surface area (Å²) in [4.78, 5) is 0. The Morgan fingerprint density at radius 1 is 1.22 bits per heavy atom. The van der Waals surface area contributed by atoms with Gasteiger partial charge in [-0.05, 0) is 37.6 Å². The van der Waals surface area contributed by atoms with Crippen LogP contribution in [-0.4, -0.2) is 44.9 Å². The molecule has 5 nitrogen and oxygen atoms in total. The van der Waals surface area contributed by atoms with E-state index in [0.29, 0.717) is 24.9 Å². The Hall–Kier alpha value is -0.170. The van der Waals surface area contributed by atoms with Crippen LogP contribution in [0.5, 0.6) is 0 Å². The van der Waals surface area contributed by atoms with E-state index in [1.165, 1.54) is 0 Å². The average Bonchev–Trinajstić information content (AvgIpc) is 2.28. The SMILES string of the molecule is CC1CC(C)CN(S(=O)(=O)N[C@@H]2CCCNC2)C1. The maximum absolute atomic E-state index is 12.3. The summed E-state index contributed by atoms with van der Waals surface area (Å²) in [6.07, 6.45) is 3.10. The van der Waals surface area contributed by atoms with Crippen molar-refractivity contribution < 1.29 is 8.42 Å². The standard InChI is InChI=1S/C12H25N3O2S/c1-10-6-11(2)9-15(8-10)18(16,17)14-12-4-3-5-13-7-12/h10-14H,3-9H2,1-2H3/t10?,11?,12-/m1/s1. The van der Waals surface area contributed by atoms with Gasteiger partial charge in [0, 0.05) is 25.7 Å². The van der Waals surface area contributed by atoms with Gasteiger partial charge in [-0.15, -0.1) is 0 Å². The summed E-state index contributed by atoms with van der Waals surface area (Å²) in [5, 5.41) is 3.23. The molecule has 2 N–H and O–H groups in total. The molecule has 0 aromatic carbocycles. The zero-order valence-electron chi connectivity index (χ0n) is 11.4. The summed E-state index contributed by atoms with van der Waals surface area (Å²) >= 11 is 0. The molecule has 0 aromatic rings. The van der Waals surface area contributed by atoms with Crippen molar-refractivity contribution >= 4 is 10.2 Å². The van der Waals surface area contributed by atoms with Crippen LogP contribution in [0.25, 0.3) is 0 Å². The molecule has 0 saturated carbocycles. The Morgan fingerprint density at radius 3 is 2.44 bits per heavy atom. The van der Waals surface area contributed by atoms with Gasteiger partial charge in [-0.2, -0.15) is 17.4 Å². The van der Waals surface area contributed by atoms with Crippen molar-refractivity contribution in [2.45, 2.75) is 39.2 Å². The van der Waals surface area contributed by atoms with Crippen molar-refractivity contribution in [3.8, 4) is 0 Å². The van der Waals surface area contributed by atoms with E-state index in [9.17, 15) is 8.42 Å². The smallest absolute Gasteiger partial charge is 0.279 e. The second-order valence-corrected chi connectivity index (χ2v) is 7.63. The van der Waals surface area contributed by atoms with E-state index in [4.69, 9.17) is 0 Å². The minimum absolute atomic E-state index is 0.0521. The van der Waals surface area contributed by atoms with Crippen LogP contribution in [0.2, 0.25) is 0 Å². The van der Waals surface area contributed by atoms with E-state index >= 15 is 0 Å². The topological polar surface area (TPSA) is 61.4 Å². The molecule has 0 bridgehead atoms. The average molecular weight is 275 g/mol. The first-order valence-corrected chi connectivity index (χ1v) is 8.39. The van der Waals surface area contributed by atoms with E-state index in [1.54, 1.807) is 4.31 Å². The van der Waals surface area contributed by atoms with Crippen molar-refractivity contribution in [1.82, 2.24) is 14.3 Å². The Bertz CT molecular complexity index is 356. The molecular formula is C12H25N3O2S. The second-order valence-electron chi connectivity index (χ2n) is 5.93. The Kier molecular flexibility index (Phi) is 4.64. The van der Waals surface area contributed by atoms with E-state index in [2.05, 4.69) is 23.9 Å². The van der Waals surface area contributed by atoms with Gasteiger partial charge < -0.3 is 5.32 Å². The van der Waals surface area contributed by atoms with Crippen LogP contribution >= 0.6 is 0 Å². The molecule has 18 heavy (non-hydrogen) atoms. The number of rotatable bonds is 3. The van der Waals surface area contributed by atoms with Gasteiger partial charge in [0.25, 0.3) is 10.2 Å². The molecule has 2 aliphatic rings. The van der Waals surface area contributed by atoms with Gasteiger partial charge in [0.15, 0.2) is 0 Å². The Morgan fingerprint density at radius 2 is 1.89 bits per heavy atom. The van der Waals surface area contributed by atoms with Gasteiger partial charge in [-0.1, -0.05) is 13.8 Å². The number of nitrogens with zero attached hydrogens (tertiary/aromatic N) is 1. The van der Waals surface area contributed by atoms with E-state index in [1.807, 2.05) is 0 Å². The predicted octanol–water partition coefficient (Wildman–Crippen LogP) is 0.551. The Balaban J connectivity index is 1.96. The molecular weight excluding hydrogens is 250 g/mol. The van der Waals surface area contributed by atoms with Crippen LogP contribution in [-0.2, 0) is 10.2 Å². The number of nitrogens with one attached hydrogen (secondary N) is 2. The molecule has 2 unspecified atom stereocenters. The lowest BCUT2D eigenvalue weighted by molar-refractivity contribution is 0.219. The molecule has 6 heteroatoms. The third-order valence-corrected chi connectivity index (χ3v) is 5.40. The lowest BCUT2D eigenvalue weighted by Crippen LogP contribution is -2.53. The fraction of sp³-hybridized carbons (Fsp3) is 1.00. The lowest BCUT2D eigenvalue weighted by atomic mass is 9.94. The largest absolute Gasteiger partial charge is 0.315 e. The van der Waals surface area contributed by atoms with Crippen LogP contribution in [0, 0.1) is 11.8 Å². The molecule has 0 aliphatic carbocycles. The molecule has 3 atom stereocenters. The summed E-state index contributed by atoms with van der Waals surface area (Å²) in [5.74, 6) is 0.907. The molecule has 2 saturated heterocycles. The minimum Gasteiger partial charge on any atom is -0.315 e. The summed E-state index contributed by atoms with van der Waals surface area (Å²) < 4.78 is 29.1. The van der Waals surface area contributed by atoms with Gasteiger partial charge in [-0.3, -0.25) is 0 Å². The molecule has 2 fully saturated rings. The van der Waals surface area contributed by atoms with Crippen molar-refractivity contribution in [3.63, 3.8) is 0 Å². The molecule has 2 rings (SSSR count). The van der Waals surface area contributed by atoms with Crippen molar-refractivity contribution in [2.75, 3.05) is 26.2 Å². The van der Waals surface area contributed by atoms with Crippen molar-refractivity contribution in [2.24, 2.45) is 11.8 Å². The van der Waals surface area contributed by atoms with Crippen molar-refractivity contribution in [3.05, 3.63) is 0 Å². The molecule has 2 aliphatic heterocycles. The van der Waals surface area contributed by atoms with Gasteiger partial charge in [-0.25, -0.2) is 0 Å². The number of hydrogen-bond acceptors (Lipinski definition) is 3. The fourth-order valence-corrected chi connectivity index (χ4v) is 4.71. The van der Waals surface area contributed by atoms with E-state index < -0.39 is 10.2 Å². The van der Waals surface area contributed by atoms with Crippen molar-refractivity contribution in [1.29, 1.82) is 0 Å². The third kappa shape index (κ3) is 3.66. The molecule has 0 spiro atoms. The second kappa shape index (κ2) is 5.86. The zero-order chi connectivity index (χ0) is 13.2. The van der Waals surface area contributed by atoms with Crippen LogP contribution in [0.15, 0.2) is 0 Å². The highest BCUT2D eigenvalue weighted by atomic mass is 32.2. The maximum atomic E-state index is 12.3. The normalized spacial score (nSPS) is 35.6. The number of hydrogen-bond donors (Lipinski definition) is 2. The summed E-state index contributed by atoms with van der Waals surface area (Å²) in [5.41, 5.74) is 0. The molecule has 2 heterocycles. The molecule has 0 radical (unpaired) electrons. The monoisotopic (exact) mass is 275 g/mol. The first-order valence-electron chi connectivity index (χ1n) is 6.95. The van der Waals surface area contributed by atoms with Crippen LogP contribution < -0.4 is 10.0 Å². The molecule has 0 aromatic heterocycles. The van der Waals surface area contributed by atoms with E-state index in [-0.39, 0.29) is 6.04 Å². The van der Waals surface area contributed by atoms with Gasteiger partial charge >= 0.3 is 0 Å². The van der Waals surface area contributed by atoms with E-state index in [0.717, 1.165) is 32.4 Å². The fourth-order valence-electron chi connectivity index (χ4n) is 3.04. The summed E-state index contributed by atoms with van der Waals surface area (Å²) in [7, 11) is -3.31. The van der Waals surface area contributed by atoms with Crippen LogP contribution in [0.4, 0.5) is 0 Å². The minimum atomic E-state index is -3.31. The van der Waals surface area contributed by atoms with Gasteiger partial charge in [0.05, 0.1) is 0 Å². The molecule has 0 amide bonds. The first-order chi connectivity index (χ1) is 8.47. The van der Waals surface area contributed by atoms with Gasteiger partial charge in [0.1, 0.15) is 0 Å². The maximum Gasteiger partial charge on any atom is 0.279 e. The van der Waals surface area contributed by atoms with Crippen LogP contribution in [0.1, 0.15) is 33.1 Å². The first kappa shape index (κ1) is 14.2. The highest BCUT2D eigenvalue weighted by Gasteiger charge is 2.32. The zero-order valence-corrected chi connectivity index (χ0v) is 12.2. The lowest BCUT2D eigenvalue weighted by Gasteiger charge is -2.35. The molecule has 106 valence electrons. The summed E-state index contributed by atoms with van der Waals surface area (Å²) in [6.45, 7) is 7.30. The highest BCUT2D eigenvalue weighted by molar-refractivity contribution is 7.87. The van der Waals surface area contributed by atoms with Crippen LogP contribution in [0.3, 0.4) is 0 Å². The highest BCUT2D eigenvalue weighted by Crippen LogP contribution is 2.23. The van der Waals surface area contributed by atoms with Gasteiger partial charge in [0.2, 0.25) is 0 Å².